The Balaban J connectivity index is 1.46. The van der Waals surface area contributed by atoms with E-state index in [2.05, 4.69) is 20.8 Å². The number of hydrogen-bond donors (Lipinski definition) is 3. The van der Waals surface area contributed by atoms with Crippen molar-refractivity contribution >= 4 is 45.7 Å². The fourth-order valence-corrected chi connectivity index (χ4v) is 3.77. The van der Waals surface area contributed by atoms with Crippen LogP contribution in [0.1, 0.15) is 20.0 Å². The van der Waals surface area contributed by atoms with E-state index in [0.717, 1.165) is 16.5 Å². The first-order chi connectivity index (χ1) is 13.1. The van der Waals surface area contributed by atoms with Crippen molar-refractivity contribution in [1.82, 2.24) is 20.8 Å². The van der Waals surface area contributed by atoms with Crippen LogP contribution >= 0.6 is 22.9 Å². The smallest absolute Gasteiger partial charge is 0.281 e. The quantitative estimate of drug-likeness (QED) is 0.457. The van der Waals surface area contributed by atoms with Crippen molar-refractivity contribution < 1.29 is 9.59 Å². The molecule has 8 heteroatoms. The number of nitrogens with one attached hydrogen (secondary N) is 3. The molecule has 2 aromatic carbocycles. The summed E-state index contributed by atoms with van der Waals surface area (Å²) in [7, 11) is 0. The first kappa shape index (κ1) is 17.3. The molecule has 0 fully saturated rings. The SMILES string of the molecule is O=C(NNC(=O)c1c[nH]c2ccccc12)c1cnc(-c2ccccc2Cl)s1. The first-order valence-electron chi connectivity index (χ1n) is 8.01. The number of carbonyl (C=O) groups is 2. The molecule has 0 bridgehead atoms. The molecule has 3 N–H and O–H groups in total. The van der Waals surface area contributed by atoms with E-state index in [1.165, 1.54) is 17.5 Å². The van der Waals surface area contributed by atoms with Crippen molar-refractivity contribution in [2.45, 2.75) is 0 Å². The third-order valence-electron chi connectivity index (χ3n) is 3.96. The summed E-state index contributed by atoms with van der Waals surface area (Å²) < 4.78 is 0. The summed E-state index contributed by atoms with van der Waals surface area (Å²) in [5.41, 5.74) is 6.90. The van der Waals surface area contributed by atoms with Crippen LogP contribution in [-0.4, -0.2) is 21.8 Å². The van der Waals surface area contributed by atoms with Gasteiger partial charge in [0.2, 0.25) is 0 Å². The average molecular weight is 397 g/mol. The van der Waals surface area contributed by atoms with Gasteiger partial charge in [-0.2, -0.15) is 0 Å². The van der Waals surface area contributed by atoms with Gasteiger partial charge in [0.25, 0.3) is 11.8 Å². The van der Waals surface area contributed by atoms with Crippen LogP contribution in [0.4, 0.5) is 0 Å². The van der Waals surface area contributed by atoms with Crippen molar-refractivity contribution in [1.29, 1.82) is 0 Å². The second kappa shape index (κ2) is 7.22. The standard InChI is InChI=1S/C19H13ClN4O2S/c20-14-7-3-1-6-12(14)19-22-10-16(27-19)18(26)24-23-17(25)13-9-21-15-8-4-2-5-11(13)15/h1-10,21H,(H,23,25)(H,24,26). The molecule has 0 atom stereocenters. The van der Waals surface area contributed by atoms with Crippen LogP contribution in [0.5, 0.6) is 0 Å². The maximum Gasteiger partial charge on any atom is 0.281 e. The van der Waals surface area contributed by atoms with Gasteiger partial charge in [-0.05, 0) is 12.1 Å². The normalized spacial score (nSPS) is 10.7. The Morgan fingerprint density at radius 3 is 2.59 bits per heavy atom. The van der Waals surface area contributed by atoms with E-state index in [-0.39, 0.29) is 0 Å². The fraction of sp³-hybridized carbons (Fsp3) is 0. The van der Waals surface area contributed by atoms with Gasteiger partial charge in [0, 0.05) is 22.7 Å². The Kier molecular flexibility index (Phi) is 4.62. The number of amides is 2. The topological polar surface area (TPSA) is 86.9 Å². The Labute approximate surface area is 163 Å². The molecule has 0 saturated heterocycles. The number of aromatic nitrogens is 2. The molecule has 2 aromatic heterocycles. The van der Waals surface area contributed by atoms with Crippen molar-refractivity contribution in [3.63, 3.8) is 0 Å². The number of para-hydroxylation sites is 1. The molecule has 134 valence electrons. The summed E-state index contributed by atoms with van der Waals surface area (Å²) in [6.07, 6.45) is 3.06. The minimum atomic E-state index is -0.445. The number of thiazole rings is 1. The van der Waals surface area contributed by atoms with Gasteiger partial charge in [0.15, 0.2) is 0 Å². The van der Waals surface area contributed by atoms with E-state index >= 15 is 0 Å². The number of aromatic amines is 1. The number of fused-ring (bicyclic) bond motifs is 1. The molecule has 0 unspecified atom stereocenters. The van der Waals surface area contributed by atoms with Gasteiger partial charge in [0.05, 0.1) is 16.8 Å². The highest BCUT2D eigenvalue weighted by molar-refractivity contribution is 7.17. The molecule has 4 aromatic rings. The second-order valence-corrected chi connectivity index (χ2v) is 7.10. The maximum atomic E-state index is 12.4. The molecule has 0 aliphatic carbocycles. The lowest BCUT2D eigenvalue weighted by atomic mass is 10.2. The lowest BCUT2D eigenvalue weighted by Gasteiger charge is -2.05. The Morgan fingerprint density at radius 1 is 1.00 bits per heavy atom. The van der Waals surface area contributed by atoms with Crippen LogP contribution in [0.15, 0.2) is 60.9 Å². The summed E-state index contributed by atoms with van der Waals surface area (Å²) in [5, 5.41) is 1.98. The lowest BCUT2D eigenvalue weighted by Crippen LogP contribution is -2.41. The van der Waals surface area contributed by atoms with Crippen LogP contribution in [0, 0.1) is 0 Å². The molecule has 4 rings (SSSR count). The van der Waals surface area contributed by atoms with E-state index in [0.29, 0.717) is 20.5 Å². The predicted molar refractivity (Wildman–Crippen MR) is 106 cm³/mol. The zero-order valence-electron chi connectivity index (χ0n) is 13.8. The number of rotatable bonds is 3. The third kappa shape index (κ3) is 3.42. The van der Waals surface area contributed by atoms with Crippen LogP contribution in [0.3, 0.4) is 0 Å². The van der Waals surface area contributed by atoms with Crippen LogP contribution in [0.2, 0.25) is 5.02 Å². The molecule has 0 spiro atoms. The van der Waals surface area contributed by atoms with Crippen LogP contribution < -0.4 is 10.9 Å². The molecule has 2 amide bonds. The number of hydrogen-bond acceptors (Lipinski definition) is 4. The summed E-state index contributed by atoms with van der Waals surface area (Å²) in [6.45, 7) is 0. The summed E-state index contributed by atoms with van der Waals surface area (Å²) in [4.78, 5) is 32.3. The van der Waals surface area contributed by atoms with Crippen molar-refractivity contribution in [3.8, 4) is 10.6 Å². The monoisotopic (exact) mass is 396 g/mol. The molecule has 0 radical (unpaired) electrons. The molecular weight excluding hydrogens is 384 g/mol. The van der Waals surface area contributed by atoms with Crippen LogP contribution in [0.25, 0.3) is 21.5 Å². The highest BCUT2D eigenvalue weighted by atomic mass is 35.5. The molecular formula is C19H13ClN4O2S. The molecule has 2 heterocycles. The van der Waals surface area contributed by atoms with E-state index < -0.39 is 11.8 Å². The summed E-state index contributed by atoms with van der Waals surface area (Å²) in [6, 6.07) is 14.7. The van der Waals surface area contributed by atoms with E-state index in [1.807, 2.05) is 42.5 Å². The summed E-state index contributed by atoms with van der Waals surface area (Å²) in [5.74, 6) is -0.851. The predicted octanol–water partition coefficient (Wildman–Crippen LogP) is 4.02. The maximum absolute atomic E-state index is 12.4. The van der Waals surface area contributed by atoms with Crippen molar-refractivity contribution in [2.75, 3.05) is 0 Å². The van der Waals surface area contributed by atoms with Crippen LogP contribution in [-0.2, 0) is 0 Å². The highest BCUT2D eigenvalue weighted by Gasteiger charge is 2.16. The van der Waals surface area contributed by atoms with E-state index in [4.69, 9.17) is 11.6 Å². The van der Waals surface area contributed by atoms with Gasteiger partial charge in [0.1, 0.15) is 9.88 Å². The van der Waals surface area contributed by atoms with Gasteiger partial charge in [-0.15, -0.1) is 11.3 Å². The Morgan fingerprint density at radius 2 is 1.74 bits per heavy atom. The molecule has 0 aliphatic rings. The average Bonchev–Trinajstić information content (AvgIpc) is 3.33. The minimum Gasteiger partial charge on any atom is -0.360 e. The number of benzene rings is 2. The lowest BCUT2D eigenvalue weighted by molar-refractivity contribution is 0.0849. The zero-order valence-corrected chi connectivity index (χ0v) is 15.4. The largest absolute Gasteiger partial charge is 0.360 e. The number of carbonyl (C=O) groups excluding carboxylic acids is 2. The van der Waals surface area contributed by atoms with E-state index in [9.17, 15) is 9.59 Å². The van der Waals surface area contributed by atoms with Crippen molar-refractivity contribution in [3.05, 3.63) is 76.4 Å². The van der Waals surface area contributed by atoms with Crippen molar-refractivity contribution in [2.24, 2.45) is 0 Å². The Bertz CT molecular complexity index is 1150. The third-order valence-corrected chi connectivity index (χ3v) is 5.32. The molecule has 0 aliphatic heterocycles. The number of nitrogens with zero attached hydrogens (tertiary/aromatic N) is 1. The zero-order chi connectivity index (χ0) is 18.8. The van der Waals surface area contributed by atoms with E-state index in [1.54, 1.807) is 12.3 Å². The second-order valence-electron chi connectivity index (χ2n) is 5.67. The Hall–Kier alpha value is -3.16. The fourth-order valence-electron chi connectivity index (χ4n) is 2.64. The number of H-pyrrole nitrogens is 1. The number of hydrazine groups is 1. The van der Waals surface area contributed by atoms with Gasteiger partial charge < -0.3 is 4.98 Å². The van der Waals surface area contributed by atoms with Gasteiger partial charge in [-0.3, -0.25) is 20.4 Å². The molecule has 0 saturated carbocycles. The first-order valence-corrected chi connectivity index (χ1v) is 9.20. The highest BCUT2D eigenvalue weighted by Crippen LogP contribution is 2.30. The molecule has 6 nitrogen and oxygen atoms in total. The number of halogens is 1. The summed E-state index contributed by atoms with van der Waals surface area (Å²) >= 11 is 7.36. The van der Waals surface area contributed by atoms with Gasteiger partial charge in [-0.25, -0.2) is 4.98 Å². The minimum absolute atomic E-state index is 0.365. The van der Waals surface area contributed by atoms with Gasteiger partial charge >= 0.3 is 0 Å². The molecule has 27 heavy (non-hydrogen) atoms. The van der Waals surface area contributed by atoms with Gasteiger partial charge in [-0.1, -0.05) is 48.0 Å².